The highest BCUT2D eigenvalue weighted by Crippen LogP contribution is 2.33. The molecule has 0 saturated heterocycles. The van der Waals surface area contributed by atoms with Crippen LogP contribution in [0.2, 0.25) is 10.0 Å². The van der Waals surface area contributed by atoms with Crippen LogP contribution in [0.3, 0.4) is 0 Å². The molecule has 8 heteroatoms. The van der Waals surface area contributed by atoms with Gasteiger partial charge in [0.25, 0.3) is 0 Å². The second kappa shape index (κ2) is 8.04. The topological polar surface area (TPSA) is 57.7 Å². The average Bonchev–Trinajstić information content (AvgIpc) is 2.43. The molecule has 0 N–H and O–H groups in total. The Labute approximate surface area is 141 Å². The molecule has 0 bridgehead atoms. The van der Waals surface area contributed by atoms with Gasteiger partial charge in [0.2, 0.25) is 15.9 Å². The molecule has 1 aromatic carbocycles. The number of anilines is 1. The van der Waals surface area contributed by atoms with E-state index in [1.165, 1.54) is 0 Å². The van der Waals surface area contributed by atoms with E-state index in [-0.39, 0.29) is 34.6 Å². The van der Waals surface area contributed by atoms with Crippen LogP contribution in [-0.2, 0) is 14.8 Å². The summed E-state index contributed by atoms with van der Waals surface area (Å²) in [5.74, 6) is -0.100. The first kappa shape index (κ1) is 19.1. The zero-order valence-electron chi connectivity index (χ0n) is 12.8. The minimum atomic E-state index is -3.57. The standard InChI is InChI=1S/C14H20Cl2N2O3S/c1-4-17(5-2)13(19)9-10-18(22(3,20)21)12-8-6-7-11(15)14(12)16/h6-8H,4-5,9-10H2,1-3H3. The van der Waals surface area contributed by atoms with Crippen molar-refractivity contribution in [3.63, 3.8) is 0 Å². The lowest BCUT2D eigenvalue weighted by atomic mass is 10.3. The summed E-state index contributed by atoms with van der Waals surface area (Å²) in [7, 11) is -3.57. The molecule has 0 heterocycles. The van der Waals surface area contributed by atoms with Crippen molar-refractivity contribution in [2.24, 2.45) is 0 Å². The van der Waals surface area contributed by atoms with Crippen LogP contribution >= 0.6 is 23.2 Å². The van der Waals surface area contributed by atoms with Crippen molar-refractivity contribution in [3.8, 4) is 0 Å². The van der Waals surface area contributed by atoms with Crippen LogP contribution in [0.1, 0.15) is 20.3 Å². The van der Waals surface area contributed by atoms with Crippen LogP contribution in [0.25, 0.3) is 0 Å². The Morgan fingerprint density at radius 1 is 1.18 bits per heavy atom. The third-order valence-electron chi connectivity index (χ3n) is 3.25. The molecule has 1 amide bonds. The fourth-order valence-electron chi connectivity index (χ4n) is 2.08. The first-order valence-corrected chi connectivity index (χ1v) is 9.52. The Morgan fingerprint density at radius 3 is 2.27 bits per heavy atom. The van der Waals surface area contributed by atoms with Gasteiger partial charge < -0.3 is 4.90 Å². The summed E-state index contributed by atoms with van der Waals surface area (Å²) in [6, 6.07) is 4.76. The second-order valence-corrected chi connectivity index (χ2v) is 7.42. The number of carbonyl (C=O) groups is 1. The average molecular weight is 367 g/mol. The van der Waals surface area contributed by atoms with Gasteiger partial charge in [0.1, 0.15) is 0 Å². The maximum absolute atomic E-state index is 12.1. The van der Waals surface area contributed by atoms with E-state index in [2.05, 4.69) is 0 Å². The molecule has 1 rings (SSSR count). The van der Waals surface area contributed by atoms with Crippen molar-refractivity contribution in [1.29, 1.82) is 0 Å². The number of amides is 1. The third-order valence-corrected chi connectivity index (χ3v) is 5.23. The minimum Gasteiger partial charge on any atom is -0.343 e. The number of carbonyl (C=O) groups excluding carboxylic acids is 1. The quantitative estimate of drug-likeness (QED) is 0.744. The molecule has 0 aromatic heterocycles. The van der Waals surface area contributed by atoms with Gasteiger partial charge in [0.05, 0.1) is 22.0 Å². The molecule has 5 nitrogen and oxygen atoms in total. The highest BCUT2D eigenvalue weighted by molar-refractivity contribution is 7.92. The molecular weight excluding hydrogens is 347 g/mol. The number of benzene rings is 1. The molecule has 124 valence electrons. The van der Waals surface area contributed by atoms with E-state index in [4.69, 9.17) is 23.2 Å². The van der Waals surface area contributed by atoms with Crippen molar-refractivity contribution < 1.29 is 13.2 Å². The number of nitrogens with zero attached hydrogens (tertiary/aromatic N) is 2. The largest absolute Gasteiger partial charge is 0.343 e. The van der Waals surface area contributed by atoms with Gasteiger partial charge in [0.15, 0.2) is 0 Å². The van der Waals surface area contributed by atoms with E-state index in [1.54, 1.807) is 23.1 Å². The smallest absolute Gasteiger partial charge is 0.232 e. The fraction of sp³-hybridized carbons (Fsp3) is 0.500. The lowest BCUT2D eigenvalue weighted by Gasteiger charge is -2.25. The van der Waals surface area contributed by atoms with Gasteiger partial charge in [-0.1, -0.05) is 29.3 Å². The number of rotatable bonds is 7. The Kier molecular flexibility index (Phi) is 6.97. The summed E-state index contributed by atoms with van der Waals surface area (Å²) in [5, 5.41) is 0.424. The van der Waals surface area contributed by atoms with Crippen LogP contribution in [0.5, 0.6) is 0 Å². The van der Waals surface area contributed by atoms with Crippen molar-refractivity contribution in [1.82, 2.24) is 4.90 Å². The van der Waals surface area contributed by atoms with E-state index < -0.39 is 10.0 Å². The zero-order chi connectivity index (χ0) is 16.9. The maximum Gasteiger partial charge on any atom is 0.232 e. The third kappa shape index (κ3) is 4.76. The summed E-state index contributed by atoms with van der Waals surface area (Å²) in [5.41, 5.74) is 0.281. The zero-order valence-corrected chi connectivity index (χ0v) is 15.2. The van der Waals surface area contributed by atoms with E-state index in [1.807, 2.05) is 13.8 Å². The van der Waals surface area contributed by atoms with Gasteiger partial charge in [-0.05, 0) is 26.0 Å². The van der Waals surface area contributed by atoms with Crippen LogP contribution in [-0.4, -0.2) is 45.1 Å². The summed E-state index contributed by atoms with van der Waals surface area (Å²) >= 11 is 12.0. The number of hydrogen-bond donors (Lipinski definition) is 0. The molecule has 0 aliphatic rings. The van der Waals surface area contributed by atoms with Gasteiger partial charge in [-0.2, -0.15) is 0 Å². The fourth-order valence-corrected chi connectivity index (χ4v) is 3.46. The van der Waals surface area contributed by atoms with E-state index >= 15 is 0 Å². The summed E-state index contributed by atoms with van der Waals surface area (Å²) in [6.45, 7) is 4.96. The van der Waals surface area contributed by atoms with Crippen molar-refractivity contribution in [2.75, 3.05) is 30.2 Å². The number of hydrogen-bond acceptors (Lipinski definition) is 3. The summed E-state index contributed by atoms with van der Waals surface area (Å²) in [6.07, 6.45) is 1.16. The first-order chi connectivity index (χ1) is 10.2. The molecule has 0 spiro atoms. The van der Waals surface area contributed by atoms with E-state index in [0.717, 1.165) is 10.6 Å². The maximum atomic E-state index is 12.1. The van der Waals surface area contributed by atoms with Crippen LogP contribution in [0.15, 0.2) is 18.2 Å². The Morgan fingerprint density at radius 2 is 1.77 bits per heavy atom. The predicted octanol–water partition coefficient (Wildman–Crippen LogP) is 3.02. The Hall–Kier alpha value is -0.980. The highest BCUT2D eigenvalue weighted by atomic mass is 35.5. The van der Waals surface area contributed by atoms with Gasteiger partial charge in [-0.25, -0.2) is 8.42 Å². The lowest BCUT2D eigenvalue weighted by Crippen LogP contribution is -2.36. The molecular formula is C14H20Cl2N2O3S. The molecule has 0 radical (unpaired) electrons. The monoisotopic (exact) mass is 366 g/mol. The predicted molar refractivity (Wildman–Crippen MR) is 91.2 cm³/mol. The molecule has 0 atom stereocenters. The molecule has 1 aromatic rings. The molecule has 0 aliphatic heterocycles. The van der Waals surface area contributed by atoms with E-state index in [0.29, 0.717) is 13.1 Å². The van der Waals surface area contributed by atoms with Gasteiger partial charge in [-0.15, -0.1) is 0 Å². The second-order valence-electron chi connectivity index (χ2n) is 4.72. The van der Waals surface area contributed by atoms with Crippen LogP contribution < -0.4 is 4.31 Å². The van der Waals surface area contributed by atoms with Crippen LogP contribution in [0.4, 0.5) is 5.69 Å². The van der Waals surface area contributed by atoms with Crippen molar-refractivity contribution in [3.05, 3.63) is 28.2 Å². The number of sulfonamides is 1. The normalized spacial score (nSPS) is 11.3. The van der Waals surface area contributed by atoms with Crippen molar-refractivity contribution >= 4 is 44.8 Å². The Bertz CT molecular complexity index is 631. The van der Waals surface area contributed by atoms with Crippen LogP contribution in [0, 0.1) is 0 Å². The molecule has 22 heavy (non-hydrogen) atoms. The highest BCUT2D eigenvalue weighted by Gasteiger charge is 2.22. The van der Waals surface area contributed by atoms with Gasteiger partial charge >= 0.3 is 0 Å². The molecule has 0 saturated carbocycles. The molecule has 0 aliphatic carbocycles. The Balaban J connectivity index is 3.02. The van der Waals surface area contributed by atoms with Gasteiger partial charge in [0, 0.05) is 26.1 Å². The number of halogens is 2. The summed E-state index contributed by atoms with van der Waals surface area (Å²) < 4.78 is 25.1. The van der Waals surface area contributed by atoms with Crippen molar-refractivity contribution in [2.45, 2.75) is 20.3 Å². The molecule has 0 unspecified atom stereocenters. The first-order valence-electron chi connectivity index (χ1n) is 6.91. The summed E-state index contributed by atoms with van der Waals surface area (Å²) in [4.78, 5) is 13.7. The lowest BCUT2D eigenvalue weighted by molar-refractivity contribution is -0.130. The molecule has 0 fully saturated rings. The SMILES string of the molecule is CCN(CC)C(=O)CCN(c1cccc(Cl)c1Cl)S(C)(=O)=O. The minimum absolute atomic E-state index is 0.0221. The van der Waals surface area contributed by atoms with E-state index in [9.17, 15) is 13.2 Å². The van der Waals surface area contributed by atoms with Gasteiger partial charge in [-0.3, -0.25) is 9.10 Å².